The van der Waals surface area contributed by atoms with Gasteiger partial charge in [-0.3, -0.25) is 10.2 Å². The number of aliphatic imine (C=N–C) groups is 1. The third-order valence-electron chi connectivity index (χ3n) is 6.26. The van der Waals surface area contributed by atoms with Gasteiger partial charge < -0.3 is 14.6 Å². The van der Waals surface area contributed by atoms with Crippen molar-refractivity contribution < 1.29 is 28.2 Å². The number of hydrogen-bond acceptors (Lipinski definition) is 6. The van der Waals surface area contributed by atoms with Gasteiger partial charge in [0.15, 0.2) is 11.6 Å². The number of carbonyl (C=O) groups is 1. The minimum Gasteiger partial charge on any atom is -0.494 e. The van der Waals surface area contributed by atoms with Crippen LogP contribution in [0.2, 0.25) is 10.0 Å². The summed E-state index contributed by atoms with van der Waals surface area (Å²) in [6, 6.07) is 15.2. The summed E-state index contributed by atoms with van der Waals surface area (Å²) in [7, 11) is 0. The van der Waals surface area contributed by atoms with E-state index in [1.165, 1.54) is 18.2 Å². The molecule has 0 aromatic heterocycles. The Morgan fingerprint density at radius 1 is 1.15 bits per heavy atom. The molecule has 1 heterocycles. The van der Waals surface area contributed by atoms with Crippen LogP contribution in [0.1, 0.15) is 35.6 Å². The van der Waals surface area contributed by atoms with E-state index in [9.17, 15) is 13.6 Å². The first-order valence-corrected chi connectivity index (χ1v) is 13.2. The van der Waals surface area contributed by atoms with Gasteiger partial charge in [-0.1, -0.05) is 41.4 Å². The van der Waals surface area contributed by atoms with Crippen molar-refractivity contribution in [1.82, 2.24) is 10.9 Å². The minimum atomic E-state index is -1.58. The maximum absolute atomic E-state index is 14.1. The van der Waals surface area contributed by atoms with E-state index in [1.54, 1.807) is 36.4 Å². The highest BCUT2D eigenvalue weighted by atomic mass is 35.5. The van der Waals surface area contributed by atoms with E-state index in [0.717, 1.165) is 12.1 Å². The van der Waals surface area contributed by atoms with Crippen LogP contribution in [-0.4, -0.2) is 35.7 Å². The molecule has 7 nitrogen and oxygen atoms in total. The van der Waals surface area contributed by atoms with Crippen LogP contribution in [0, 0.1) is 11.6 Å². The van der Waals surface area contributed by atoms with E-state index in [-0.39, 0.29) is 36.1 Å². The van der Waals surface area contributed by atoms with Crippen molar-refractivity contribution in [3.8, 4) is 5.75 Å². The summed E-state index contributed by atoms with van der Waals surface area (Å²) in [4.78, 5) is 18.5. The molecule has 4 rings (SSSR count). The lowest BCUT2D eigenvalue weighted by Crippen LogP contribution is -2.52. The molecule has 210 valence electrons. The van der Waals surface area contributed by atoms with Crippen LogP contribution in [0.4, 0.5) is 8.78 Å². The Balaban J connectivity index is 1.66. The van der Waals surface area contributed by atoms with Gasteiger partial charge in [0.05, 0.1) is 6.61 Å². The number of hydrogen-bond donors (Lipinski definition) is 3. The number of hydrazine groups is 1. The number of aliphatic hydroxyl groups is 1. The first kappa shape index (κ1) is 29.5. The average Bonchev–Trinajstić information content (AvgIpc) is 3.31. The molecule has 1 amide bonds. The predicted molar refractivity (Wildman–Crippen MR) is 149 cm³/mol. The van der Waals surface area contributed by atoms with Gasteiger partial charge >= 0.3 is 0 Å². The smallest absolute Gasteiger partial charge is 0.266 e. The van der Waals surface area contributed by atoms with Crippen LogP contribution in [0.3, 0.4) is 0 Å². The Morgan fingerprint density at radius 2 is 1.88 bits per heavy atom. The van der Waals surface area contributed by atoms with Crippen LogP contribution in [0.5, 0.6) is 5.75 Å². The number of ether oxygens (including phenoxy) is 2. The Morgan fingerprint density at radius 3 is 2.52 bits per heavy atom. The molecular formula is C29H27Cl2F2N3O4. The Labute approximate surface area is 240 Å². The van der Waals surface area contributed by atoms with E-state index >= 15 is 0 Å². The van der Waals surface area contributed by atoms with Crippen LogP contribution in [0.15, 0.2) is 78.3 Å². The van der Waals surface area contributed by atoms with E-state index in [0.29, 0.717) is 34.9 Å². The van der Waals surface area contributed by atoms with E-state index in [2.05, 4.69) is 17.4 Å². The Hall–Kier alpha value is -3.50. The summed E-state index contributed by atoms with van der Waals surface area (Å²) >= 11 is 12.6. The monoisotopic (exact) mass is 589 g/mol. The second-order valence-corrected chi connectivity index (χ2v) is 9.80. The van der Waals surface area contributed by atoms with Crippen molar-refractivity contribution in [2.75, 3.05) is 13.2 Å². The molecule has 1 aliphatic rings. The van der Waals surface area contributed by atoms with Crippen LogP contribution < -0.4 is 15.6 Å². The average molecular weight is 590 g/mol. The normalized spacial score (nSPS) is 18.1. The summed E-state index contributed by atoms with van der Waals surface area (Å²) < 4.78 is 40.1. The predicted octanol–water partition coefficient (Wildman–Crippen LogP) is 5.69. The lowest BCUT2D eigenvalue weighted by Gasteiger charge is -2.30. The van der Waals surface area contributed by atoms with Gasteiger partial charge in [0, 0.05) is 52.7 Å². The van der Waals surface area contributed by atoms with Crippen molar-refractivity contribution in [1.29, 1.82) is 0 Å². The molecule has 0 bridgehead atoms. The summed E-state index contributed by atoms with van der Waals surface area (Å²) in [6.07, 6.45) is 1.08. The Kier molecular flexibility index (Phi) is 9.76. The first-order chi connectivity index (χ1) is 19.3. The molecule has 2 atom stereocenters. The summed E-state index contributed by atoms with van der Waals surface area (Å²) in [5.74, 6) is -1.36. The largest absolute Gasteiger partial charge is 0.494 e. The first-order valence-electron chi connectivity index (χ1n) is 12.4. The maximum Gasteiger partial charge on any atom is 0.266 e. The number of nitrogens with one attached hydrogen (secondary N) is 2. The molecule has 1 aliphatic heterocycles. The third kappa shape index (κ3) is 6.45. The zero-order valence-corrected chi connectivity index (χ0v) is 22.8. The fourth-order valence-electron chi connectivity index (χ4n) is 4.25. The number of carbonyl (C=O) groups excluding carboxylic acids is 1. The van der Waals surface area contributed by atoms with Crippen molar-refractivity contribution in [3.63, 3.8) is 0 Å². The highest BCUT2D eigenvalue weighted by molar-refractivity contribution is 6.35. The fraction of sp³-hybridized carbons (Fsp3) is 0.241. The molecule has 3 aromatic rings. The van der Waals surface area contributed by atoms with Crippen molar-refractivity contribution in [2.45, 2.75) is 31.0 Å². The quantitative estimate of drug-likeness (QED) is 0.143. The second kappa shape index (κ2) is 13.2. The zero-order chi connectivity index (χ0) is 28.7. The molecule has 0 spiro atoms. The molecule has 3 N–H and O–H groups in total. The summed E-state index contributed by atoms with van der Waals surface area (Å²) in [5, 5.41) is 9.62. The number of aliphatic hydroxyl groups excluding tert-OH is 1. The van der Waals surface area contributed by atoms with Gasteiger partial charge in [-0.15, -0.1) is 6.58 Å². The van der Waals surface area contributed by atoms with Crippen molar-refractivity contribution in [3.05, 3.63) is 112 Å². The van der Waals surface area contributed by atoms with Crippen molar-refractivity contribution >= 4 is 35.0 Å². The number of rotatable bonds is 12. The van der Waals surface area contributed by atoms with Gasteiger partial charge in [-0.25, -0.2) is 19.2 Å². The molecule has 0 saturated heterocycles. The van der Waals surface area contributed by atoms with Crippen molar-refractivity contribution in [2.24, 2.45) is 4.99 Å². The molecule has 0 aliphatic carbocycles. The van der Waals surface area contributed by atoms with Crippen LogP contribution in [0.25, 0.3) is 0 Å². The molecule has 0 fully saturated rings. The van der Waals surface area contributed by atoms with E-state index in [4.69, 9.17) is 42.8 Å². The lowest BCUT2D eigenvalue weighted by atomic mass is 9.84. The lowest BCUT2D eigenvalue weighted by molar-refractivity contribution is -0.129. The molecule has 40 heavy (non-hydrogen) atoms. The van der Waals surface area contributed by atoms with Crippen LogP contribution in [-0.2, 0) is 16.1 Å². The topological polar surface area (TPSA) is 92.2 Å². The maximum atomic E-state index is 14.1. The summed E-state index contributed by atoms with van der Waals surface area (Å²) in [6.45, 7) is 3.87. The Bertz CT molecular complexity index is 1380. The molecule has 3 aromatic carbocycles. The molecule has 11 heteroatoms. The number of halogens is 4. The minimum absolute atomic E-state index is 0.0227. The van der Waals surface area contributed by atoms with E-state index in [1.807, 2.05) is 0 Å². The van der Waals surface area contributed by atoms with Gasteiger partial charge in [0.25, 0.3) is 5.91 Å². The number of amides is 1. The molecular weight excluding hydrogens is 563 g/mol. The molecule has 0 radical (unpaired) electrons. The van der Waals surface area contributed by atoms with Gasteiger partial charge in [0.2, 0.25) is 5.90 Å². The highest BCUT2D eigenvalue weighted by Crippen LogP contribution is 2.45. The summed E-state index contributed by atoms with van der Waals surface area (Å²) in [5.41, 5.74) is 4.35. The SMILES string of the molecule is C=CC[C@]1(C(=O)NNCc2c(F)cccc2F)N=C(c2ccc(OCCCO)cc2)O[C@H]1c1ccc(Cl)cc1Cl. The second-order valence-electron chi connectivity index (χ2n) is 8.96. The zero-order valence-electron chi connectivity index (χ0n) is 21.3. The molecule has 0 unspecified atom stereocenters. The van der Waals surface area contributed by atoms with Gasteiger partial charge in [0.1, 0.15) is 17.4 Å². The fourth-order valence-corrected chi connectivity index (χ4v) is 4.76. The molecule has 0 saturated carbocycles. The van der Waals surface area contributed by atoms with E-state index < -0.39 is 29.2 Å². The van der Waals surface area contributed by atoms with Gasteiger partial charge in [-0.05, 0) is 48.5 Å². The third-order valence-corrected chi connectivity index (χ3v) is 6.82. The van der Waals surface area contributed by atoms with Crippen LogP contribution >= 0.6 is 23.2 Å². The van der Waals surface area contributed by atoms with Gasteiger partial charge in [-0.2, -0.15) is 0 Å². The number of benzene rings is 3. The number of nitrogens with zero attached hydrogens (tertiary/aromatic N) is 1. The standard InChI is InChI=1S/C29H27Cl2F2N3O4/c1-2-13-29(28(38)36-34-17-22-24(32)5-3-6-25(22)33)26(21-12-9-19(30)16-23(21)31)40-27(35-29)18-7-10-20(11-8-18)39-15-4-14-37/h2-3,5-12,16,26,34,37H,1,4,13-15,17H2,(H,36,38)/t26-,29-/m0/s1. The highest BCUT2D eigenvalue weighted by Gasteiger charge is 2.53.